The number of hydrogen-bond donors (Lipinski definition) is 2. The Morgan fingerprint density at radius 2 is 2.09 bits per heavy atom. The largest absolute Gasteiger partial charge is 0.316 e. The highest BCUT2D eigenvalue weighted by molar-refractivity contribution is 7.14. The number of hydrogen-bond acceptors (Lipinski definition) is 4. The van der Waals surface area contributed by atoms with Crippen LogP contribution in [0.4, 0.5) is 5.13 Å². The van der Waals surface area contributed by atoms with Crippen LogP contribution in [0, 0.1) is 25.7 Å². The van der Waals surface area contributed by atoms with Crippen molar-refractivity contribution in [3.63, 3.8) is 0 Å². The number of nitrogens with one attached hydrogen (secondary N) is 2. The summed E-state index contributed by atoms with van der Waals surface area (Å²) in [5.41, 5.74) is 4.54. The van der Waals surface area contributed by atoms with Crippen LogP contribution in [0.5, 0.6) is 0 Å². The van der Waals surface area contributed by atoms with Crippen molar-refractivity contribution in [2.45, 2.75) is 20.8 Å². The van der Waals surface area contributed by atoms with E-state index in [1.807, 2.05) is 12.3 Å². The maximum Gasteiger partial charge on any atom is 0.229 e. The topological polar surface area (TPSA) is 54.0 Å². The van der Waals surface area contributed by atoms with E-state index >= 15 is 0 Å². The first-order valence-electron chi connectivity index (χ1n) is 7.59. The molecule has 1 atom stereocenters. The first-order valence-corrected chi connectivity index (χ1v) is 8.47. The summed E-state index contributed by atoms with van der Waals surface area (Å²) < 4.78 is 0. The van der Waals surface area contributed by atoms with Gasteiger partial charge in [0.25, 0.3) is 0 Å². The second kappa shape index (κ2) is 7.43. The number of halogens is 1. The average Bonchev–Trinajstić information content (AvgIpc) is 2.88. The highest BCUT2D eigenvalue weighted by atomic mass is 35.5. The predicted octanol–water partition coefficient (Wildman–Crippen LogP) is 3.64. The maximum atomic E-state index is 12.2. The molecule has 1 saturated heterocycles. The van der Waals surface area contributed by atoms with E-state index in [9.17, 15) is 4.79 Å². The molecule has 1 fully saturated rings. The summed E-state index contributed by atoms with van der Waals surface area (Å²) in [6, 6.07) is 6.32. The number of anilines is 1. The van der Waals surface area contributed by atoms with Gasteiger partial charge in [0.1, 0.15) is 0 Å². The van der Waals surface area contributed by atoms with Crippen molar-refractivity contribution in [2.24, 2.45) is 11.8 Å². The van der Waals surface area contributed by atoms with Crippen LogP contribution < -0.4 is 10.6 Å². The van der Waals surface area contributed by atoms with E-state index in [0.29, 0.717) is 11.0 Å². The van der Waals surface area contributed by atoms with Crippen molar-refractivity contribution in [3.8, 4) is 11.3 Å². The molecule has 1 aromatic heterocycles. The normalized spacial score (nSPS) is 15.4. The molecular formula is C17H22ClN3OS. The quantitative estimate of drug-likeness (QED) is 0.884. The number of amides is 1. The van der Waals surface area contributed by atoms with E-state index in [-0.39, 0.29) is 24.2 Å². The van der Waals surface area contributed by atoms with Crippen LogP contribution in [-0.4, -0.2) is 24.0 Å². The molecule has 2 N–H and O–H groups in total. The summed E-state index contributed by atoms with van der Waals surface area (Å²) in [6.45, 7) is 8.05. The van der Waals surface area contributed by atoms with Crippen molar-refractivity contribution in [3.05, 3.63) is 34.7 Å². The summed E-state index contributed by atoms with van der Waals surface area (Å²) in [6.07, 6.45) is 0. The van der Waals surface area contributed by atoms with Crippen molar-refractivity contribution < 1.29 is 4.79 Å². The Morgan fingerprint density at radius 1 is 1.35 bits per heavy atom. The van der Waals surface area contributed by atoms with Crippen LogP contribution in [0.1, 0.15) is 18.1 Å². The molecule has 0 aliphatic carbocycles. The summed E-state index contributed by atoms with van der Waals surface area (Å²) in [7, 11) is 0. The van der Waals surface area contributed by atoms with Crippen molar-refractivity contribution in [1.29, 1.82) is 0 Å². The molecule has 0 radical (unpaired) electrons. The van der Waals surface area contributed by atoms with Gasteiger partial charge in [0.05, 0.1) is 5.69 Å². The second-order valence-electron chi connectivity index (χ2n) is 6.03. The van der Waals surface area contributed by atoms with Gasteiger partial charge in [-0.1, -0.05) is 19.1 Å². The first-order chi connectivity index (χ1) is 10.5. The van der Waals surface area contributed by atoms with Gasteiger partial charge in [-0.2, -0.15) is 0 Å². The van der Waals surface area contributed by atoms with Crippen LogP contribution in [0.25, 0.3) is 11.3 Å². The number of carbonyl (C=O) groups is 1. The minimum Gasteiger partial charge on any atom is -0.316 e. The minimum absolute atomic E-state index is 0. The van der Waals surface area contributed by atoms with Gasteiger partial charge in [0, 0.05) is 16.9 Å². The van der Waals surface area contributed by atoms with Gasteiger partial charge in [-0.3, -0.25) is 4.79 Å². The molecule has 3 rings (SSSR count). The third-order valence-corrected chi connectivity index (χ3v) is 5.23. The van der Waals surface area contributed by atoms with Gasteiger partial charge in [-0.15, -0.1) is 23.7 Å². The molecule has 1 aromatic carbocycles. The van der Waals surface area contributed by atoms with E-state index in [1.54, 1.807) is 0 Å². The van der Waals surface area contributed by atoms with Crippen LogP contribution in [-0.2, 0) is 4.79 Å². The van der Waals surface area contributed by atoms with Crippen LogP contribution in [0.2, 0.25) is 0 Å². The molecule has 2 heterocycles. The number of aryl methyl sites for hydroxylation is 2. The zero-order valence-corrected chi connectivity index (χ0v) is 15.2. The van der Waals surface area contributed by atoms with Crippen molar-refractivity contribution in [2.75, 3.05) is 18.4 Å². The molecule has 1 aliphatic heterocycles. The fourth-order valence-corrected chi connectivity index (χ4v) is 3.18. The maximum absolute atomic E-state index is 12.2. The Hall–Kier alpha value is -1.43. The third-order valence-electron chi connectivity index (χ3n) is 4.47. The van der Waals surface area contributed by atoms with Crippen LogP contribution >= 0.6 is 23.7 Å². The Labute approximate surface area is 147 Å². The standard InChI is InChI=1S/C17H21N3OS.ClH/c1-10-4-5-13(6-11(10)2)15-9-22-17(19-15)20-16(21)12(3)14-7-18-8-14;/h4-6,9,12,14,18H,7-8H2,1-3H3,(H,19,20,21);1H. The molecule has 4 nitrogen and oxygen atoms in total. The van der Waals surface area contributed by atoms with E-state index in [1.165, 1.54) is 22.5 Å². The van der Waals surface area contributed by atoms with Crippen molar-refractivity contribution >= 4 is 34.8 Å². The lowest BCUT2D eigenvalue weighted by molar-refractivity contribution is -0.121. The zero-order chi connectivity index (χ0) is 15.7. The summed E-state index contributed by atoms with van der Waals surface area (Å²) in [4.78, 5) is 16.8. The minimum atomic E-state index is 0. The molecule has 6 heteroatoms. The SMILES string of the molecule is Cc1ccc(-c2csc(NC(=O)C(C)C3CNC3)n2)cc1C.Cl. The van der Waals surface area contributed by atoms with Crippen LogP contribution in [0.3, 0.4) is 0 Å². The molecule has 124 valence electrons. The number of benzene rings is 1. The van der Waals surface area contributed by atoms with E-state index in [0.717, 1.165) is 24.3 Å². The van der Waals surface area contributed by atoms with Gasteiger partial charge in [0.15, 0.2) is 5.13 Å². The molecule has 0 spiro atoms. The van der Waals surface area contributed by atoms with E-state index in [2.05, 4.69) is 47.7 Å². The lowest BCUT2D eigenvalue weighted by Crippen LogP contribution is -2.48. The summed E-state index contributed by atoms with van der Waals surface area (Å²) in [5, 5.41) is 8.82. The van der Waals surface area contributed by atoms with Gasteiger partial charge < -0.3 is 10.6 Å². The first kappa shape index (κ1) is 17.9. The molecule has 23 heavy (non-hydrogen) atoms. The molecular weight excluding hydrogens is 330 g/mol. The number of carbonyl (C=O) groups excluding carboxylic acids is 1. The fraction of sp³-hybridized carbons (Fsp3) is 0.412. The molecule has 1 aliphatic rings. The molecule has 1 unspecified atom stereocenters. The second-order valence-corrected chi connectivity index (χ2v) is 6.89. The third kappa shape index (κ3) is 3.91. The highest BCUT2D eigenvalue weighted by Crippen LogP contribution is 2.27. The lowest BCUT2D eigenvalue weighted by atomic mass is 9.88. The van der Waals surface area contributed by atoms with Crippen molar-refractivity contribution in [1.82, 2.24) is 10.3 Å². The van der Waals surface area contributed by atoms with Gasteiger partial charge in [-0.05, 0) is 50.0 Å². The number of rotatable bonds is 4. The summed E-state index contributed by atoms with van der Waals surface area (Å²) in [5.74, 6) is 0.530. The number of nitrogens with zero attached hydrogens (tertiary/aromatic N) is 1. The molecule has 0 bridgehead atoms. The van der Waals surface area contributed by atoms with Gasteiger partial charge >= 0.3 is 0 Å². The molecule has 0 saturated carbocycles. The van der Waals surface area contributed by atoms with E-state index in [4.69, 9.17) is 0 Å². The lowest BCUT2D eigenvalue weighted by Gasteiger charge is -2.31. The zero-order valence-electron chi connectivity index (χ0n) is 13.6. The Balaban J connectivity index is 0.00000192. The average molecular weight is 352 g/mol. The number of aromatic nitrogens is 1. The highest BCUT2D eigenvalue weighted by Gasteiger charge is 2.29. The predicted molar refractivity (Wildman–Crippen MR) is 98.4 cm³/mol. The van der Waals surface area contributed by atoms with Gasteiger partial charge in [0.2, 0.25) is 5.91 Å². The fourth-order valence-electron chi connectivity index (χ4n) is 2.46. The number of thiazole rings is 1. The van der Waals surface area contributed by atoms with E-state index < -0.39 is 0 Å². The molecule has 1 amide bonds. The Kier molecular flexibility index (Phi) is 5.79. The Morgan fingerprint density at radius 3 is 2.70 bits per heavy atom. The summed E-state index contributed by atoms with van der Waals surface area (Å²) >= 11 is 1.48. The smallest absolute Gasteiger partial charge is 0.229 e. The Bertz CT molecular complexity index is 697. The van der Waals surface area contributed by atoms with Gasteiger partial charge in [-0.25, -0.2) is 4.98 Å². The van der Waals surface area contributed by atoms with Crippen LogP contribution in [0.15, 0.2) is 23.6 Å². The molecule has 2 aromatic rings. The monoisotopic (exact) mass is 351 g/mol.